The third-order valence-electron chi connectivity index (χ3n) is 3.81. The molecule has 0 aliphatic heterocycles. The van der Waals surface area contributed by atoms with E-state index < -0.39 is 16.2 Å². The summed E-state index contributed by atoms with van der Waals surface area (Å²) in [6.45, 7) is 0.323. The fourth-order valence-corrected chi connectivity index (χ4v) is 2.47. The van der Waals surface area contributed by atoms with Gasteiger partial charge in [-0.3, -0.25) is 19.3 Å². The fraction of sp³-hybridized carbons (Fsp3) is 0.176. The summed E-state index contributed by atoms with van der Waals surface area (Å²) in [4.78, 5) is 29.2. The first-order valence-corrected chi connectivity index (χ1v) is 7.63. The minimum absolute atomic E-state index is 0.0297. The van der Waals surface area contributed by atoms with Gasteiger partial charge in [0.05, 0.1) is 4.92 Å². The van der Waals surface area contributed by atoms with E-state index in [0.717, 1.165) is 15.7 Å². The van der Waals surface area contributed by atoms with Crippen molar-refractivity contribution in [1.29, 1.82) is 0 Å². The number of aromatic nitrogens is 2. The molecule has 0 aliphatic carbocycles. The Balaban J connectivity index is 1.94. The normalized spacial score (nSPS) is 10.6. The molecule has 3 aromatic rings. The number of anilines is 2. The van der Waals surface area contributed by atoms with Crippen LogP contribution in [0.3, 0.4) is 0 Å². The topological polar surface area (TPSA) is 92.8 Å². The van der Waals surface area contributed by atoms with E-state index in [-0.39, 0.29) is 5.82 Å². The van der Waals surface area contributed by atoms with Crippen LogP contribution in [0.4, 0.5) is 17.2 Å². The number of nitrogens with zero attached hydrogens (tertiary/aromatic N) is 4. The summed E-state index contributed by atoms with van der Waals surface area (Å²) in [5.74, 6) is -0.0297. The summed E-state index contributed by atoms with van der Waals surface area (Å²) < 4.78 is 1.16. The van der Waals surface area contributed by atoms with E-state index in [9.17, 15) is 14.9 Å². The van der Waals surface area contributed by atoms with Crippen molar-refractivity contribution in [3.05, 3.63) is 74.7 Å². The van der Waals surface area contributed by atoms with E-state index in [1.807, 2.05) is 43.3 Å². The molecule has 8 heteroatoms. The Bertz CT molecular complexity index is 980. The predicted molar refractivity (Wildman–Crippen MR) is 96.2 cm³/mol. The first-order valence-electron chi connectivity index (χ1n) is 7.63. The van der Waals surface area contributed by atoms with Crippen LogP contribution in [0, 0.1) is 10.1 Å². The molecule has 0 fully saturated rings. The molecule has 1 aromatic carbocycles. The van der Waals surface area contributed by atoms with Crippen molar-refractivity contribution in [2.75, 3.05) is 24.3 Å². The number of nitro groups is 1. The zero-order chi connectivity index (χ0) is 18.0. The van der Waals surface area contributed by atoms with Gasteiger partial charge in [0.1, 0.15) is 5.65 Å². The minimum Gasteiger partial charge on any atom is -0.378 e. The van der Waals surface area contributed by atoms with E-state index >= 15 is 0 Å². The van der Waals surface area contributed by atoms with Crippen molar-refractivity contribution in [1.82, 2.24) is 9.38 Å². The number of fused-ring (bicyclic) bond motifs is 1. The second-order valence-corrected chi connectivity index (χ2v) is 5.71. The lowest BCUT2D eigenvalue weighted by Crippen LogP contribution is -2.21. The highest BCUT2D eigenvalue weighted by molar-refractivity contribution is 5.60. The Morgan fingerprint density at radius 1 is 1.20 bits per heavy atom. The maximum absolute atomic E-state index is 12.4. The first kappa shape index (κ1) is 16.4. The van der Waals surface area contributed by atoms with E-state index in [1.54, 1.807) is 18.2 Å². The Kier molecular flexibility index (Phi) is 4.34. The summed E-state index contributed by atoms with van der Waals surface area (Å²) >= 11 is 0. The van der Waals surface area contributed by atoms with Crippen LogP contribution in [0.1, 0.15) is 5.56 Å². The zero-order valence-corrected chi connectivity index (χ0v) is 13.8. The maximum Gasteiger partial charge on any atom is 0.376 e. The Morgan fingerprint density at radius 3 is 2.56 bits per heavy atom. The molecule has 0 radical (unpaired) electrons. The molecule has 128 valence electrons. The lowest BCUT2D eigenvalue weighted by Gasteiger charge is -2.13. The van der Waals surface area contributed by atoms with Crippen LogP contribution in [0.2, 0.25) is 0 Å². The van der Waals surface area contributed by atoms with Gasteiger partial charge in [-0.2, -0.15) is 0 Å². The minimum atomic E-state index is -0.707. The van der Waals surface area contributed by atoms with Crippen LogP contribution in [0.25, 0.3) is 5.65 Å². The van der Waals surface area contributed by atoms with Crippen molar-refractivity contribution in [3.63, 3.8) is 0 Å². The van der Waals surface area contributed by atoms with Gasteiger partial charge in [0, 0.05) is 32.5 Å². The van der Waals surface area contributed by atoms with E-state index in [0.29, 0.717) is 12.2 Å². The van der Waals surface area contributed by atoms with Crippen LogP contribution in [-0.2, 0) is 6.54 Å². The van der Waals surface area contributed by atoms with E-state index in [2.05, 4.69) is 10.3 Å². The van der Waals surface area contributed by atoms with Crippen LogP contribution in [-0.4, -0.2) is 28.4 Å². The Hall–Kier alpha value is -3.42. The molecule has 25 heavy (non-hydrogen) atoms. The number of nitrogens with one attached hydrogen (secondary N) is 1. The Morgan fingerprint density at radius 2 is 1.92 bits per heavy atom. The number of benzene rings is 1. The highest BCUT2D eigenvalue weighted by atomic mass is 16.6. The van der Waals surface area contributed by atoms with Crippen LogP contribution >= 0.6 is 0 Å². The molecule has 0 atom stereocenters. The fourth-order valence-electron chi connectivity index (χ4n) is 2.47. The standard InChI is InChI=1S/C17H17N5O3/c1-20(2)13-8-6-12(7-9-13)11-18-16-15(22(24)25)17(23)21-10-4-3-5-14(21)19-16/h3-10,18H,11H2,1-2H3. The lowest BCUT2D eigenvalue weighted by atomic mass is 10.2. The van der Waals surface area contributed by atoms with Crippen LogP contribution < -0.4 is 15.8 Å². The van der Waals surface area contributed by atoms with E-state index in [4.69, 9.17) is 0 Å². The van der Waals surface area contributed by atoms with Crippen molar-refractivity contribution in [3.8, 4) is 0 Å². The van der Waals surface area contributed by atoms with Crippen LogP contribution in [0.15, 0.2) is 53.5 Å². The summed E-state index contributed by atoms with van der Waals surface area (Å²) in [6, 6.07) is 12.7. The second-order valence-electron chi connectivity index (χ2n) is 5.71. The van der Waals surface area contributed by atoms with E-state index in [1.165, 1.54) is 6.20 Å². The summed E-state index contributed by atoms with van der Waals surface area (Å²) in [7, 11) is 3.89. The van der Waals surface area contributed by atoms with Gasteiger partial charge in [0.15, 0.2) is 0 Å². The number of hydrogen-bond acceptors (Lipinski definition) is 6. The molecule has 0 aliphatic rings. The SMILES string of the molecule is CN(C)c1ccc(CNc2nc3ccccn3c(=O)c2[N+](=O)[O-])cc1. The molecule has 0 saturated heterocycles. The lowest BCUT2D eigenvalue weighted by molar-refractivity contribution is -0.385. The molecule has 2 aromatic heterocycles. The smallest absolute Gasteiger partial charge is 0.376 e. The third-order valence-corrected chi connectivity index (χ3v) is 3.81. The second kappa shape index (κ2) is 6.60. The van der Waals surface area contributed by atoms with Crippen molar-refractivity contribution in [2.24, 2.45) is 0 Å². The molecular formula is C17H17N5O3. The summed E-state index contributed by atoms with van der Waals surface area (Å²) in [5.41, 5.74) is 1.06. The maximum atomic E-state index is 12.4. The molecular weight excluding hydrogens is 322 g/mol. The van der Waals surface area contributed by atoms with Gasteiger partial charge in [-0.15, -0.1) is 0 Å². The summed E-state index contributed by atoms with van der Waals surface area (Å²) in [5, 5.41) is 14.2. The van der Waals surface area contributed by atoms with Crippen molar-refractivity contribution < 1.29 is 4.92 Å². The van der Waals surface area contributed by atoms with Gasteiger partial charge in [-0.25, -0.2) is 4.98 Å². The molecule has 8 nitrogen and oxygen atoms in total. The average molecular weight is 339 g/mol. The molecule has 0 saturated carbocycles. The zero-order valence-electron chi connectivity index (χ0n) is 13.8. The molecule has 0 unspecified atom stereocenters. The van der Waals surface area contributed by atoms with Crippen LogP contribution in [0.5, 0.6) is 0 Å². The van der Waals surface area contributed by atoms with Gasteiger partial charge in [-0.1, -0.05) is 18.2 Å². The number of pyridine rings is 1. The average Bonchev–Trinajstić information content (AvgIpc) is 2.60. The van der Waals surface area contributed by atoms with Gasteiger partial charge in [0.25, 0.3) is 0 Å². The highest BCUT2D eigenvalue weighted by Gasteiger charge is 2.23. The third kappa shape index (κ3) is 3.27. The van der Waals surface area contributed by atoms with Gasteiger partial charge >= 0.3 is 11.2 Å². The van der Waals surface area contributed by atoms with Gasteiger partial charge in [0.2, 0.25) is 5.82 Å². The van der Waals surface area contributed by atoms with Crippen molar-refractivity contribution in [2.45, 2.75) is 6.54 Å². The summed E-state index contributed by atoms with van der Waals surface area (Å²) in [6.07, 6.45) is 1.46. The number of hydrogen-bond donors (Lipinski definition) is 1. The molecule has 0 amide bonds. The quantitative estimate of drug-likeness (QED) is 0.566. The Labute approximate surface area is 143 Å². The number of rotatable bonds is 5. The predicted octanol–water partition coefficient (Wildman–Crippen LogP) is 2.28. The monoisotopic (exact) mass is 339 g/mol. The molecule has 0 spiro atoms. The highest BCUT2D eigenvalue weighted by Crippen LogP contribution is 2.19. The molecule has 1 N–H and O–H groups in total. The first-order chi connectivity index (χ1) is 12.0. The molecule has 2 heterocycles. The molecule has 3 rings (SSSR count). The largest absolute Gasteiger partial charge is 0.378 e. The van der Waals surface area contributed by atoms with Crippen molar-refractivity contribution >= 4 is 22.8 Å². The molecule has 0 bridgehead atoms. The van der Waals surface area contributed by atoms with Gasteiger partial charge < -0.3 is 10.2 Å². The van der Waals surface area contributed by atoms with Gasteiger partial charge in [-0.05, 0) is 29.8 Å².